The molecule has 0 saturated heterocycles. The maximum absolute atomic E-state index is 10.5. The van der Waals surface area contributed by atoms with Gasteiger partial charge in [0.05, 0.1) is 17.8 Å². The van der Waals surface area contributed by atoms with Gasteiger partial charge in [0.15, 0.2) is 0 Å². The Morgan fingerprint density at radius 2 is 2.36 bits per heavy atom. The Labute approximate surface area is 89.8 Å². The maximum atomic E-state index is 10.5. The van der Waals surface area contributed by atoms with Gasteiger partial charge in [0, 0.05) is 4.47 Å². The topological polar surface area (TPSA) is 78.9 Å². The van der Waals surface area contributed by atoms with Crippen molar-refractivity contribution in [2.75, 3.05) is 11.9 Å². The summed E-state index contributed by atoms with van der Waals surface area (Å²) in [6, 6.07) is 7.18. The number of nitriles is 1. The van der Waals surface area contributed by atoms with Gasteiger partial charge in [-0.15, -0.1) is 0 Å². The van der Waals surface area contributed by atoms with Gasteiger partial charge in [-0.25, -0.2) is 0 Å². The lowest BCUT2D eigenvalue weighted by atomic mass is 10.2. The van der Waals surface area contributed by atoms with Gasteiger partial charge in [0.25, 0.3) is 0 Å². The summed E-state index contributed by atoms with van der Waals surface area (Å²) < 4.78 is 0.818. The first kappa shape index (κ1) is 10.5. The summed E-state index contributed by atoms with van der Waals surface area (Å²) in [7, 11) is 0. The third kappa shape index (κ3) is 2.75. The van der Waals surface area contributed by atoms with Gasteiger partial charge in [0.1, 0.15) is 6.07 Å². The zero-order chi connectivity index (χ0) is 10.6. The summed E-state index contributed by atoms with van der Waals surface area (Å²) >= 11 is 3.25. The minimum Gasteiger partial charge on any atom is -0.375 e. The molecule has 1 aromatic carbocycles. The second kappa shape index (κ2) is 4.63. The highest BCUT2D eigenvalue weighted by molar-refractivity contribution is 9.10. The quantitative estimate of drug-likeness (QED) is 0.851. The lowest BCUT2D eigenvalue weighted by molar-refractivity contribution is -0.116. The van der Waals surface area contributed by atoms with E-state index in [0.717, 1.165) is 4.47 Å². The first-order chi connectivity index (χ1) is 6.63. The molecule has 0 saturated carbocycles. The fraction of sp³-hybridized carbons (Fsp3) is 0.111. The van der Waals surface area contributed by atoms with Crippen molar-refractivity contribution in [1.29, 1.82) is 5.26 Å². The molecule has 14 heavy (non-hydrogen) atoms. The Morgan fingerprint density at radius 1 is 1.64 bits per heavy atom. The Kier molecular flexibility index (Phi) is 3.48. The molecule has 0 heterocycles. The Bertz CT molecular complexity index is 398. The normalized spacial score (nSPS) is 9.14. The molecule has 0 bridgehead atoms. The number of anilines is 1. The summed E-state index contributed by atoms with van der Waals surface area (Å²) in [5.74, 6) is -0.461. The van der Waals surface area contributed by atoms with Crippen molar-refractivity contribution < 1.29 is 4.79 Å². The molecular weight excluding hydrogens is 246 g/mol. The molecule has 0 spiro atoms. The monoisotopic (exact) mass is 253 g/mol. The molecule has 0 aromatic heterocycles. The van der Waals surface area contributed by atoms with Crippen LogP contribution in [0.25, 0.3) is 0 Å². The van der Waals surface area contributed by atoms with Crippen LogP contribution < -0.4 is 11.1 Å². The Balaban J connectivity index is 2.87. The van der Waals surface area contributed by atoms with Gasteiger partial charge < -0.3 is 11.1 Å². The lowest BCUT2D eigenvalue weighted by Crippen LogP contribution is -2.22. The average molecular weight is 254 g/mol. The van der Waals surface area contributed by atoms with E-state index in [9.17, 15) is 4.79 Å². The zero-order valence-corrected chi connectivity index (χ0v) is 8.84. The predicted molar refractivity (Wildman–Crippen MR) is 56.5 cm³/mol. The average Bonchev–Trinajstić information content (AvgIpc) is 2.15. The number of halogens is 1. The number of hydrogen-bond acceptors (Lipinski definition) is 3. The van der Waals surface area contributed by atoms with Crippen LogP contribution in [0.4, 0.5) is 5.69 Å². The number of nitrogens with one attached hydrogen (secondary N) is 1. The molecular formula is C9H8BrN3O. The fourth-order valence-electron chi connectivity index (χ4n) is 0.945. The molecule has 0 aliphatic heterocycles. The van der Waals surface area contributed by atoms with Crippen molar-refractivity contribution in [3.63, 3.8) is 0 Å². The van der Waals surface area contributed by atoms with Crippen LogP contribution in [0, 0.1) is 11.3 Å². The third-order valence-electron chi connectivity index (χ3n) is 1.56. The number of rotatable bonds is 3. The molecule has 1 amide bonds. The van der Waals surface area contributed by atoms with E-state index < -0.39 is 5.91 Å². The summed E-state index contributed by atoms with van der Waals surface area (Å²) in [5.41, 5.74) is 6.05. The number of primary amides is 1. The van der Waals surface area contributed by atoms with Gasteiger partial charge in [-0.05, 0) is 18.2 Å². The largest absolute Gasteiger partial charge is 0.375 e. The molecule has 1 aromatic rings. The first-order valence-electron chi connectivity index (χ1n) is 3.85. The van der Waals surface area contributed by atoms with E-state index in [-0.39, 0.29) is 6.54 Å². The van der Waals surface area contributed by atoms with Gasteiger partial charge >= 0.3 is 0 Å². The van der Waals surface area contributed by atoms with E-state index in [1.807, 2.05) is 6.07 Å². The van der Waals surface area contributed by atoms with Crippen molar-refractivity contribution in [1.82, 2.24) is 0 Å². The molecule has 0 atom stereocenters. The van der Waals surface area contributed by atoms with Crippen LogP contribution in [-0.4, -0.2) is 12.5 Å². The van der Waals surface area contributed by atoms with Crippen LogP contribution in [0.1, 0.15) is 5.56 Å². The molecule has 72 valence electrons. The van der Waals surface area contributed by atoms with E-state index >= 15 is 0 Å². The standard InChI is InChI=1S/C9H8BrN3O/c10-7-1-2-8(6(3-7)4-11)13-5-9(12)14/h1-3,13H,5H2,(H2,12,14). The number of nitrogens with two attached hydrogens (primary N) is 1. The molecule has 0 aliphatic rings. The fourth-order valence-corrected chi connectivity index (χ4v) is 1.31. The molecule has 3 N–H and O–H groups in total. The molecule has 1 rings (SSSR count). The van der Waals surface area contributed by atoms with Crippen LogP contribution in [0.15, 0.2) is 22.7 Å². The number of carbonyl (C=O) groups excluding carboxylic acids is 1. The number of hydrogen-bond donors (Lipinski definition) is 2. The number of benzene rings is 1. The highest BCUT2D eigenvalue weighted by atomic mass is 79.9. The lowest BCUT2D eigenvalue weighted by Gasteiger charge is -2.05. The minimum atomic E-state index is -0.461. The maximum Gasteiger partial charge on any atom is 0.236 e. The second-order valence-corrected chi connectivity index (χ2v) is 3.54. The van der Waals surface area contributed by atoms with Crippen LogP contribution in [-0.2, 0) is 4.79 Å². The molecule has 5 heteroatoms. The third-order valence-corrected chi connectivity index (χ3v) is 2.05. The number of carbonyl (C=O) groups is 1. The molecule has 0 unspecified atom stereocenters. The molecule has 4 nitrogen and oxygen atoms in total. The Hall–Kier alpha value is -1.54. The van der Waals surface area contributed by atoms with Crippen molar-refractivity contribution >= 4 is 27.5 Å². The van der Waals surface area contributed by atoms with Crippen LogP contribution in [0.5, 0.6) is 0 Å². The van der Waals surface area contributed by atoms with Gasteiger partial charge in [-0.3, -0.25) is 4.79 Å². The van der Waals surface area contributed by atoms with Gasteiger partial charge in [-0.2, -0.15) is 5.26 Å². The SMILES string of the molecule is N#Cc1cc(Br)ccc1NCC(N)=O. The molecule has 0 aliphatic carbocycles. The van der Waals surface area contributed by atoms with Crippen molar-refractivity contribution in [2.24, 2.45) is 5.73 Å². The zero-order valence-electron chi connectivity index (χ0n) is 7.25. The molecule has 0 radical (unpaired) electrons. The van der Waals surface area contributed by atoms with E-state index in [2.05, 4.69) is 21.2 Å². The van der Waals surface area contributed by atoms with Crippen molar-refractivity contribution in [2.45, 2.75) is 0 Å². The minimum absolute atomic E-state index is 0.0241. The van der Waals surface area contributed by atoms with E-state index in [0.29, 0.717) is 11.3 Å². The van der Waals surface area contributed by atoms with Gasteiger partial charge in [0.2, 0.25) is 5.91 Å². The number of nitrogens with zero attached hydrogens (tertiary/aromatic N) is 1. The van der Waals surface area contributed by atoms with Gasteiger partial charge in [-0.1, -0.05) is 15.9 Å². The van der Waals surface area contributed by atoms with E-state index in [1.54, 1.807) is 18.2 Å². The van der Waals surface area contributed by atoms with Crippen molar-refractivity contribution in [3.8, 4) is 6.07 Å². The van der Waals surface area contributed by atoms with Crippen molar-refractivity contribution in [3.05, 3.63) is 28.2 Å². The van der Waals surface area contributed by atoms with E-state index in [1.165, 1.54) is 0 Å². The molecule has 0 fully saturated rings. The summed E-state index contributed by atoms with van der Waals surface area (Å²) in [4.78, 5) is 10.5. The predicted octanol–water partition coefficient (Wildman–Crippen LogP) is 1.22. The Morgan fingerprint density at radius 3 is 2.93 bits per heavy atom. The summed E-state index contributed by atoms with van der Waals surface area (Å²) in [6.07, 6.45) is 0. The number of amides is 1. The van der Waals surface area contributed by atoms with Crippen LogP contribution in [0.2, 0.25) is 0 Å². The van der Waals surface area contributed by atoms with Crippen LogP contribution >= 0.6 is 15.9 Å². The van der Waals surface area contributed by atoms with Crippen LogP contribution in [0.3, 0.4) is 0 Å². The summed E-state index contributed by atoms with van der Waals surface area (Å²) in [5, 5.41) is 11.6. The second-order valence-electron chi connectivity index (χ2n) is 2.62. The highest BCUT2D eigenvalue weighted by Gasteiger charge is 2.02. The van der Waals surface area contributed by atoms with E-state index in [4.69, 9.17) is 11.0 Å². The first-order valence-corrected chi connectivity index (χ1v) is 4.64. The summed E-state index contributed by atoms with van der Waals surface area (Å²) in [6.45, 7) is 0.0241. The highest BCUT2D eigenvalue weighted by Crippen LogP contribution is 2.19. The smallest absolute Gasteiger partial charge is 0.236 e.